The van der Waals surface area contributed by atoms with Crippen molar-refractivity contribution in [2.24, 2.45) is 0 Å². The molecule has 0 atom stereocenters. The molecule has 0 heterocycles. The second-order valence-corrected chi connectivity index (χ2v) is 3.97. The molecule has 0 bridgehead atoms. The molecule has 0 saturated heterocycles. The van der Waals surface area contributed by atoms with Crippen LogP contribution in [0.2, 0.25) is 0 Å². The Morgan fingerprint density at radius 3 is 2.31 bits per heavy atom. The summed E-state index contributed by atoms with van der Waals surface area (Å²) in [5.41, 5.74) is 0.0289. The van der Waals surface area contributed by atoms with Gasteiger partial charge < -0.3 is 4.90 Å². The molecule has 0 radical (unpaired) electrons. The average molecular weight is 225 g/mol. The largest absolute Gasteiger partial charge is 0.364 e. The molecule has 2 rings (SSSR count). The Kier molecular flexibility index (Phi) is 2.90. The second-order valence-electron chi connectivity index (χ2n) is 3.97. The molecule has 16 heavy (non-hydrogen) atoms. The van der Waals surface area contributed by atoms with E-state index in [9.17, 15) is 13.6 Å². The van der Waals surface area contributed by atoms with Gasteiger partial charge in [0.1, 0.15) is 23.6 Å². The number of hydrogen-bond donors (Lipinski definition) is 0. The first-order valence-electron chi connectivity index (χ1n) is 5.38. The number of anilines is 1. The number of halogens is 2. The molecule has 0 amide bonds. The molecule has 1 aromatic carbocycles. The van der Waals surface area contributed by atoms with Crippen molar-refractivity contribution in [3.8, 4) is 0 Å². The minimum Gasteiger partial charge on any atom is -0.364 e. The summed E-state index contributed by atoms with van der Waals surface area (Å²) in [6.45, 7) is 2.43. The lowest BCUT2D eigenvalue weighted by molar-refractivity contribution is 0.112. The monoisotopic (exact) mass is 225 g/mol. The molecular formula is C12H13F2NO. The summed E-state index contributed by atoms with van der Waals surface area (Å²) in [5, 5.41) is 0. The van der Waals surface area contributed by atoms with Gasteiger partial charge in [-0.3, -0.25) is 4.79 Å². The minimum atomic E-state index is -0.657. The topological polar surface area (TPSA) is 20.3 Å². The summed E-state index contributed by atoms with van der Waals surface area (Å²) < 4.78 is 27.4. The molecule has 4 heteroatoms. The summed E-state index contributed by atoms with van der Waals surface area (Å²) >= 11 is 0. The fourth-order valence-corrected chi connectivity index (χ4v) is 1.91. The maximum absolute atomic E-state index is 13.7. The van der Waals surface area contributed by atoms with Crippen molar-refractivity contribution in [2.45, 2.75) is 25.8 Å². The van der Waals surface area contributed by atoms with Crippen molar-refractivity contribution < 1.29 is 13.6 Å². The highest BCUT2D eigenvalue weighted by Crippen LogP contribution is 2.34. The predicted octanol–water partition coefficient (Wildman–Crippen LogP) is 2.77. The van der Waals surface area contributed by atoms with Crippen LogP contribution in [-0.4, -0.2) is 18.9 Å². The van der Waals surface area contributed by atoms with Crippen LogP contribution in [0.1, 0.15) is 30.1 Å². The lowest BCUT2D eigenvalue weighted by Gasteiger charge is -2.23. The van der Waals surface area contributed by atoms with Crippen LogP contribution in [0.25, 0.3) is 0 Å². The average Bonchev–Trinajstić information content (AvgIpc) is 3.06. The molecule has 1 saturated carbocycles. The molecule has 0 unspecified atom stereocenters. The molecule has 0 spiro atoms. The van der Waals surface area contributed by atoms with Gasteiger partial charge in [-0.25, -0.2) is 8.78 Å². The zero-order chi connectivity index (χ0) is 11.7. The Bertz CT molecular complexity index is 392. The third-order valence-electron chi connectivity index (χ3n) is 2.79. The summed E-state index contributed by atoms with van der Waals surface area (Å²) in [6, 6.07) is 2.41. The number of hydrogen-bond acceptors (Lipinski definition) is 2. The Labute approximate surface area is 92.9 Å². The summed E-state index contributed by atoms with van der Waals surface area (Å²) in [4.78, 5) is 12.2. The second kappa shape index (κ2) is 4.20. The summed E-state index contributed by atoms with van der Waals surface area (Å²) in [7, 11) is 0. The summed E-state index contributed by atoms with van der Waals surface area (Å²) in [6.07, 6.45) is 2.40. The maximum atomic E-state index is 13.7. The van der Waals surface area contributed by atoms with Gasteiger partial charge in [0, 0.05) is 18.2 Å². The van der Waals surface area contributed by atoms with E-state index < -0.39 is 11.6 Å². The van der Waals surface area contributed by atoms with Crippen LogP contribution >= 0.6 is 0 Å². The quantitative estimate of drug-likeness (QED) is 0.734. The number of carbonyl (C=O) groups excluding carboxylic acids is 1. The van der Waals surface area contributed by atoms with E-state index in [2.05, 4.69) is 0 Å². The first kappa shape index (κ1) is 11.0. The fourth-order valence-electron chi connectivity index (χ4n) is 1.91. The van der Waals surface area contributed by atoms with E-state index in [0.717, 1.165) is 25.0 Å². The Hall–Kier alpha value is -1.45. The van der Waals surface area contributed by atoms with Crippen molar-refractivity contribution in [3.63, 3.8) is 0 Å². The third kappa shape index (κ3) is 1.92. The van der Waals surface area contributed by atoms with Gasteiger partial charge in [-0.05, 0) is 31.9 Å². The molecular weight excluding hydrogens is 212 g/mol. The number of carbonyl (C=O) groups is 1. The predicted molar refractivity (Wildman–Crippen MR) is 57.8 cm³/mol. The minimum absolute atomic E-state index is 0.00407. The van der Waals surface area contributed by atoms with Crippen molar-refractivity contribution >= 4 is 12.0 Å². The molecule has 2 nitrogen and oxygen atoms in total. The van der Waals surface area contributed by atoms with E-state index in [0.29, 0.717) is 12.8 Å². The van der Waals surface area contributed by atoms with Gasteiger partial charge in [0.2, 0.25) is 0 Å². The van der Waals surface area contributed by atoms with Crippen molar-refractivity contribution in [1.29, 1.82) is 0 Å². The van der Waals surface area contributed by atoms with Gasteiger partial charge in [0.25, 0.3) is 0 Å². The first-order chi connectivity index (χ1) is 7.67. The highest BCUT2D eigenvalue weighted by atomic mass is 19.1. The van der Waals surface area contributed by atoms with Crippen LogP contribution in [0.3, 0.4) is 0 Å². The first-order valence-corrected chi connectivity index (χ1v) is 5.38. The molecule has 1 aromatic rings. The van der Waals surface area contributed by atoms with E-state index >= 15 is 0 Å². The van der Waals surface area contributed by atoms with Gasteiger partial charge in [-0.1, -0.05) is 0 Å². The SMILES string of the molecule is CCN(c1c(F)cc(C=O)cc1F)C1CC1. The number of rotatable bonds is 4. The Morgan fingerprint density at radius 1 is 1.38 bits per heavy atom. The van der Waals surface area contributed by atoms with E-state index in [4.69, 9.17) is 0 Å². The van der Waals surface area contributed by atoms with E-state index in [-0.39, 0.29) is 17.3 Å². The van der Waals surface area contributed by atoms with Crippen molar-refractivity contribution in [1.82, 2.24) is 0 Å². The van der Waals surface area contributed by atoms with Gasteiger partial charge in [0.05, 0.1) is 0 Å². The molecule has 1 aliphatic carbocycles. The van der Waals surface area contributed by atoms with Crippen LogP contribution in [0, 0.1) is 11.6 Å². The fraction of sp³-hybridized carbons (Fsp3) is 0.417. The molecule has 0 aliphatic heterocycles. The Balaban J connectivity index is 2.42. The highest BCUT2D eigenvalue weighted by molar-refractivity contribution is 5.76. The normalized spacial score (nSPS) is 14.9. The summed E-state index contributed by atoms with van der Waals surface area (Å²) in [5.74, 6) is -1.31. The number of benzene rings is 1. The van der Waals surface area contributed by atoms with Crippen LogP contribution < -0.4 is 4.90 Å². The van der Waals surface area contributed by atoms with Gasteiger partial charge in [-0.15, -0.1) is 0 Å². The standard InChI is InChI=1S/C12H13F2NO/c1-2-15(9-3-4-9)12-10(13)5-8(7-16)6-11(12)14/h5-7,9H,2-4H2,1H3. The van der Waals surface area contributed by atoms with Gasteiger partial charge >= 0.3 is 0 Å². The van der Waals surface area contributed by atoms with Crippen molar-refractivity contribution in [3.05, 3.63) is 29.3 Å². The van der Waals surface area contributed by atoms with E-state index in [1.807, 2.05) is 6.92 Å². The highest BCUT2D eigenvalue weighted by Gasteiger charge is 2.31. The molecule has 0 aromatic heterocycles. The molecule has 1 fully saturated rings. The lowest BCUT2D eigenvalue weighted by atomic mass is 10.2. The number of aldehydes is 1. The zero-order valence-electron chi connectivity index (χ0n) is 9.04. The van der Waals surface area contributed by atoms with Crippen LogP contribution in [-0.2, 0) is 0 Å². The Morgan fingerprint density at radius 2 is 1.94 bits per heavy atom. The third-order valence-corrected chi connectivity index (χ3v) is 2.79. The molecule has 1 aliphatic rings. The maximum Gasteiger partial charge on any atom is 0.150 e. The smallest absolute Gasteiger partial charge is 0.150 e. The lowest BCUT2D eigenvalue weighted by Crippen LogP contribution is -2.27. The van der Waals surface area contributed by atoms with Gasteiger partial charge in [0.15, 0.2) is 0 Å². The van der Waals surface area contributed by atoms with Crippen molar-refractivity contribution in [2.75, 3.05) is 11.4 Å². The zero-order valence-corrected chi connectivity index (χ0v) is 9.04. The van der Waals surface area contributed by atoms with Crippen LogP contribution in [0.15, 0.2) is 12.1 Å². The van der Waals surface area contributed by atoms with Crippen LogP contribution in [0.4, 0.5) is 14.5 Å². The van der Waals surface area contributed by atoms with E-state index in [1.54, 1.807) is 4.90 Å². The van der Waals surface area contributed by atoms with Crippen LogP contribution in [0.5, 0.6) is 0 Å². The number of nitrogens with zero attached hydrogens (tertiary/aromatic N) is 1. The van der Waals surface area contributed by atoms with Gasteiger partial charge in [-0.2, -0.15) is 0 Å². The molecule has 0 N–H and O–H groups in total. The molecule has 86 valence electrons. The van der Waals surface area contributed by atoms with E-state index in [1.165, 1.54) is 0 Å².